The third-order valence-electron chi connectivity index (χ3n) is 9.38. The number of hydrogen-bond donors (Lipinski definition) is 0. The largest absolute Gasteiger partial charge is 0.756 e. The second kappa shape index (κ2) is 34.8. The molecule has 0 aromatic heterocycles. The van der Waals surface area contributed by atoms with Crippen LogP contribution in [0.3, 0.4) is 0 Å². The van der Waals surface area contributed by atoms with Crippen LogP contribution >= 0.6 is 7.82 Å². The number of nitrogens with zero attached hydrogens (tertiary/aromatic N) is 1. The van der Waals surface area contributed by atoms with Gasteiger partial charge in [-0.3, -0.25) is 14.2 Å². The van der Waals surface area contributed by atoms with Gasteiger partial charge in [0.25, 0.3) is 7.82 Å². The van der Waals surface area contributed by atoms with Gasteiger partial charge in [-0.1, -0.05) is 174 Å². The standard InChI is InChI=1S/C41H82NO8P/c1-6-8-10-12-14-16-18-19-20-21-22-24-26-28-30-32-34-41(44)50-39(38-49-51(45,46)48-36-35-42(3,4)5)37-47-40(43)33-31-29-27-25-23-17-15-13-11-9-7-2/h39H,6-38H2,1-5H3/t39-/m1/s1. The van der Waals surface area contributed by atoms with Gasteiger partial charge in [-0.15, -0.1) is 0 Å². The Bertz CT molecular complexity index is 850. The molecule has 2 atom stereocenters. The molecule has 0 amide bonds. The first-order valence-electron chi connectivity index (χ1n) is 21.2. The lowest BCUT2D eigenvalue weighted by Gasteiger charge is -2.28. The number of ether oxygens (including phenoxy) is 2. The Hall–Kier alpha value is -0.990. The lowest BCUT2D eigenvalue weighted by molar-refractivity contribution is -0.870. The first-order valence-corrected chi connectivity index (χ1v) is 22.7. The number of hydrogen-bond acceptors (Lipinski definition) is 8. The maximum absolute atomic E-state index is 12.6. The third-order valence-corrected chi connectivity index (χ3v) is 10.3. The minimum atomic E-state index is -4.61. The van der Waals surface area contributed by atoms with E-state index in [0.29, 0.717) is 17.4 Å². The predicted octanol–water partition coefficient (Wildman–Crippen LogP) is 11.0. The van der Waals surface area contributed by atoms with Crippen LogP contribution in [-0.2, 0) is 32.7 Å². The molecule has 51 heavy (non-hydrogen) atoms. The Morgan fingerprint density at radius 2 is 0.882 bits per heavy atom. The number of phosphoric acid groups is 1. The van der Waals surface area contributed by atoms with Crippen LogP contribution in [0.15, 0.2) is 0 Å². The summed E-state index contributed by atoms with van der Waals surface area (Å²) in [6.07, 6.45) is 32.6. The minimum absolute atomic E-state index is 0.0259. The number of unbranched alkanes of at least 4 members (excludes halogenated alkanes) is 25. The molecular formula is C41H82NO8P. The van der Waals surface area contributed by atoms with E-state index in [4.69, 9.17) is 18.5 Å². The highest BCUT2D eigenvalue weighted by molar-refractivity contribution is 7.45. The number of carbonyl (C=O) groups excluding carboxylic acids is 2. The Balaban J connectivity index is 4.33. The predicted molar refractivity (Wildman–Crippen MR) is 208 cm³/mol. The van der Waals surface area contributed by atoms with E-state index in [9.17, 15) is 19.0 Å². The van der Waals surface area contributed by atoms with Gasteiger partial charge in [0.15, 0.2) is 6.10 Å². The van der Waals surface area contributed by atoms with Crippen molar-refractivity contribution in [2.75, 3.05) is 47.5 Å². The van der Waals surface area contributed by atoms with Crippen LogP contribution in [0, 0.1) is 0 Å². The molecule has 0 heterocycles. The Kier molecular flexibility index (Phi) is 34.1. The molecule has 0 bridgehead atoms. The van der Waals surface area contributed by atoms with Gasteiger partial charge in [0.2, 0.25) is 0 Å². The summed E-state index contributed by atoms with van der Waals surface area (Å²) >= 11 is 0. The summed E-state index contributed by atoms with van der Waals surface area (Å²) < 4.78 is 33.8. The van der Waals surface area contributed by atoms with E-state index in [1.165, 1.54) is 135 Å². The lowest BCUT2D eigenvalue weighted by Crippen LogP contribution is -2.37. The van der Waals surface area contributed by atoms with Crippen molar-refractivity contribution in [1.29, 1.82) is 0 Å². The summed E-state index contributed by atoms with van der Waals surface area (Å²) in [7, 11) is 1.18. The van der Waals surface area contributed by atoms with Crippen molar-refractivity contribution in [2.24, 2.45) is 0 Å². The highest BCUT2D eigenvalue weighted by Crippen LogP contribution is 2.38. The van der Waals surface area contributed by atoms with E-state index in [0.717, 1.165) is 32.1 Å². The molecule has 9 nitrogen and oxygen atoms in total. The third kappa shape index (κ3) is 38.5. The number of esters is 2. The molecular weight excluding hydrogens is 665 g/mol. The number of quaternary nitrogens is 1. The molecule has 0 N–H and O–H groups in total. The fourth-order valence-electron chi connectivity index (χ4n) is 6.01. The summed E-state index contributed by atoms with van der Waals surface area (Å²) in [6, 6.07) is 0. The molecule has 0 aromatic rings. The molecule has 0 saturated heterocycles. The summed E-state index contributed by atoms with van der Waals surface area (Å²) in [4.78, 5) is 37.4. The molecule has 0 aromatic carbocycles. The van der Waals surface area contributed by atoms with Gasteiger partial charge < -0.3 is 27.9 Å². The van der Waals surface area contributed by atoms with Crippen molar-refractivity contribution in [3.8, 4) is 0 Å². The molecule has 0 spiro atoms. The molecule has 10 heteroatoms. The molecule has 0 rings (SSSR count). The Morgan fingerprint density at radius 3 is 1.25 bits per heavy atom. The molecule has 1 unspecified atom stereocenters. The number of likely N-dealkylation sites (N-methyl/N-ethyl adjacent to an activating group) is 1. The van der Waals surface area contributed by atoms with E-state index >= 15 is 0 Å². The molecule has 0 aliphatic carbocycles. The van der Waals surface area contributed by atoms with Gasteiger partial charge in [-0.05, 0) is 12.8 Å². The molecule has 0 radical (unpaired) electrons. The van der Waals surface area contributed by atoms with Crippen molar-refractivity contribution < 1.29 is 42.1 Å². The van der Waals surface area contributed by atoms with Crippen LogP contribution in [0.4, 0.5) is 0 Å². The number of rotatable bonds is 39. The van der Waals surface area contributed by atoms with Gasteiger partial charge >= 0.3 is 11.9 Å². The zero-order chi connectivity index (χ0) is 37.9. The Morgan fingerprint density at radius 1 is 0.529 bits per heavy atom. The van der Waals surface area contributed by atoms with E-state index in [2.05, 4.69) is 13.8 Å². The molecule has 0 fully saturated rings. The van der Waals surface area contributed by atoms with E-state index < -0.39 is 26.5 Å². The van der Waals surface area contributed by atoms with Gasteiger partial charge in [0, 0.05) is 12.8 Å². The van der Waals surface area contributed by atoms with Crippen molar-refractivity contribution in [2.45, 2.75) is 206 Å². The smallest absolute Gasteiger partial charge is 0.306 e. The van der Waals surface area contributed by atoms with Crippen molar-refractivity contribution in [3.05, 3.63) is 0 Å². The van der Waals surface area contributed by atoms with Crippen LogP contribution in [-0.4, -0.2) is 70.0 Å². The number of phosphoric ester groups is 1. The van der Waals surface area contributed by atoms with Crippen molar-refractivity contribution >= 4 is 19.8 Å². The van der Waals surface area contributed by atoms with Gasteiger partial charge in [0.1, 0.15) is 19.8 Å². The monoisotopic (exact) mass is 748 g/mol. The van der Waals surface area contributed by atoms with Crippen LogP contribution < -0.4 is 4.89 Å². The lowest BCUT2D eigenvalue weighted by atomic mass is 10.0. The Labute approximate surface area is 314 Å². The van der Waals surface area contributed by atoms with Crippen molar-refractivity contribution in [1.82, 2.24) is 0 Å². The molecule has 0 aliphatic heterocycles. The van der Waals surface area contributed by atoms with Gasteiger partial charge in [0.05, 0.1) is 27.7 Å². The molecule has 304 valence electrons. The number of carbonyl (C=O) groups is 2. The fraction of sp³-hybridized carbons (Fsp3) is 0.951. The summed E-state index contributed by atoms with van der Waals surface area (Å²) in [5.41, 5.74) is 0. The first kappa shape index (κ1) is 50.0. The fourth-order valence-corrected chi connectivity index (χ4v) is 6.74. The van der Waals surface area contributed by atoms with Crippen LogP contribution in [0.25, 0.3) is 0 Å². The molecule has 0 aliphatic rings. The van der Waals surface area contributed by atoms with Crippen LogP contribution in [0.1, 0.15) is 200 Å². The van der Waals surface area contributed by atoms with E-state index in [-0.39, 0.29) is 32.0 Å². The topological polar surface area (TPSA) is 111 Å². The summed E-state index contributed by atoms with van der Waals surface area (Å²) in [5, 5.41) is 0. The SMILES string of the molecule is CCCCCCCCCCCCCCCCCCC(=O)O[C@H](COC(=O)CCCCCCCCCCCCC)COP(=O)([O-])OCC[N+](C)(C)C. The summed E-state index contributed by atoms with van der Waals surface area (Å²) in [5.74, 6) is -0.823. The first-order chi connectivity index (χ1) is 24.5. The zero-order valence-electron chi connectivity index (χ0n) is 34.1. The van der Waals surface area contributed by atoms with E-state index in [1.807, 2.05) is 21.1 Å². The average molecular weight is 748 g/mol. The van der Waals surface area contributed by atoms with Crippen molar-refractivity contribution in [3.63, 3.8) is 0 Å². The van der Waals surface area contributed by atoms with Crippen LogP contribution in [0.5, 0.6) is 0 Å². The second-order valence-corrected chi connectivity index (χ2v) is 17.1. The maximum Gasteiger partial charge on any atom is 0.306 e. The molecule has 0 saturated carbocycles. The van der Waals surface area contributed by atoms with E-state index in [1.54, 1.807) is 0 Å². The maximum atomic E-state index is 12.6. The normalized spacial score (nSPS) is 13.6. The highest BCUT2D eigenvalue weighted by Gasteiger charge is 2.21. The van der Waals surface area contributed by atoms with Crippen LogP contribution in [0.2, 0.25) is 0 Å². The van der Waals surface area contributed by atoms with Gasteiger partial charge in [-0.2, -0.15) is 0 Å². The highest BCUT2D eigenvalue weighted by atomic mass is 31.2. The minimum Gasteiger partial charge on any atom is -0.756 e. The second-order valence-electron chi connectivity index (χ2n) is 15.7. The quantitative estimate of drug-likeness (QED) is 0.0264. The zero-order valence-corrected chi connectivity index (χ0v) is 35.0. The average Bonchev–Trinajstić information content (AvgIpc) is 3.07. The summed E-state index contributed by atoms with van der Waals surface area (Å²) in [6.45, 7) is 4.24. The van der Waals surface area contributed by atoms with Gasteiger partial charge in [-0.25, -0.2) is 0 Å².